The highest BCUT2D eigenvalue weighted by atomic mass is 32.5. The highest BCUT2D eigenvalue weighted by molar-refractivity contribution is 8.45. The lowest BCUT2D eigenvalue weighted by molar-refractivity contribution is -0.00294. The first-order valence-electron chi connectivity index (χ1n) is 10.6. The Labute approximate surface area is 200 Å². The molecule has 1 saturated heterocycles. The molecular formula is C22H19F6N5O2S. The standard InChI is InChI=1S/C22H19F6N5O2S/c1-32-20-16(10-30-32)14-8-15(17(23)9-18(14)31-21(20)29)22(34)33-6-7-35-11-19(33)12-2-4-13(5-3-12)36(24,25,26,27)28/h2-5,8-10,19H,6-7,11H2,1H3,(H2,29,31)/t19-/m1/s1. The van der Waals surface area contributed by atoms with Gasteiger partial charge >= 0.3 is 10.2 Å². The number of aromatic nitrogens is 3. The van der Waals surface area contributed by atoms with Gasteiger partial charge in [-0.15, -0.1) is 0 Å². The van der Waals surface area contributed by atoms with Gasteiger partial charge in [-0.05, 0) is 23.8 Å². The number of hydrogen-bond donors (Lipinski definition) is 1. The zero-order valence-corrected chi connectivity index (χ0v) is 19.4. The molecule has 2 aromatic heterocycles. The molecule has 14 heteroatoms. The number of carbonyl (C=O) groups is 1. The van der Waals surface area contributed by atoms with E-state index in [9.17, 15) is 24.2 Å². The molecule has 7 nitrogen and oxygen atoms in total. The van der Waals surface area contributed by atoms with E-state index in [0.29, 0.717) is 16.3 Å². The van der Waals surface area contributed by atoms with Crippen molar-refractivity contribution < 1.29 is 33.4 Å². The van der Waals surface area contributed by atoms with Crippen LogP contribution in [0, 0.1) is 5.82 Å². The first-order chi connectivity index (χ1) is 16.6. The van der Waals surface area contributed by atoms with Crippen molar-refractivity contribution in [3.05, 3.63) is 59.5 Å². The molecule has 36 heavy (non-hydrogen) atoms. The number of nitrogens with zero attached hydrogens (tertiary/aromatic N) is 4. The minimum absolute atomic E-state index is 0.00652. The fourth-order valence-corrected chi connectivity index (χ4v) is 5.03. The normalized spacial score (nSPS) is 18.9. The highest BCUT2D eigenvalue weighted by Crippen LogP contribution is 3.02. The molecule has 5 rings (SSSR count). The minimum Gasteiger partial charge on any atom is -0.382 e. The van der Waals surface area contributed by atoms with Gasteiger partial charge in [-0.3, -0.25) is 9.48 Å². The highest BCUT2D eigenvalue weighted by Gasteiger charge is 2.65. The van der Waals surface area contributed by atoms with E-state index in [1.54, 1.807) is 7.05 Å². The summed E-state index contributed by atoms with van der Waals surface area (Å²) in [6.07, 6.45) is 1.51. The minimum atomic E-state index is -9.85. The van der Waals surface area contributed by atoms with Crippen molar-refractivity contribution in [3.63, 3.8) is 0 Å². The molecule has 2 aromatic carbocycles. The summed E-state index contributed by atoms with van der Waals surface area (Å²) in [5.41, 5.74) is 6.53. The van der Waals surface area contributed by atoms with Crippen molar-refractivity contribution >= 4 is 43.8 Å². The molecule has 0 saturated carbocycles. The first-order valence-corrected chi connectivity index (χ1v) is 12.5. The second kappa shape index (κ2) is 7.26. The molecule has 192 valence electrons. The van der Waals surface area contributed by atoms with Gasteiger partial charge in [0.05, 0.1) is 36.5 Å². The third-order valence-electron chi connectivity index (χ3n) is 6.13. The molecular weight excluding hydrogens is 512 g/mol. The summed E-state index contributed by atoms with van der Waals surface area (Å²) in [6.45, 7) is 0.000137. The van der Waals surface area contributed by atoms with Gasteiger partial charge in [0.1, 0.15) is 22.0 Å². The maximum absolute atomic E-state index is 15.1. The summed E-state index contributed by atoms with van der Waals surface area (Å²) in [7, 11) is -8.20. The average Bonchev–Trinajstić information content (AvgIpc) is 3.19. The Kier molecular flexibility index (Phi) is 4.88. The van der Waals surface area contributed by atoms with Crippen LogP contribution in [-0.4, -0.2) is 45.3 Å². The Balaban J connectivity index is 1.55. The zero-order valence-electron chi connectivity index (χ0n) is 18.6. The predicted octanol–water partition coefficient (Wildman–Crippen LogP) is 5.71. The Morgan fingerprint density at radius 3 is 2.47 bits per heavy atom. The van der Waals surface area contributed by atoms with E-state index in [4.69, 9.17) is 10.5 Å². The molecule has 2 N–H and O–H groups in total. The number of ether oxygens (including phenoxy) is 1. The number of anilines is 1. The van der Waals surface area contributed by atoms with E-state index < -0.39 is 32.9 Å². The second-order valence-electron chi connectivity index (χ2n) is 8.50. The third-order valence-corrected chi connectivity index (χ3v) is 7.29. The SMILES string of the molecule is Cn1ncc2c3cc(C(=O)N4CCOC[C@@H]4c4ccc(S(F)(F)(F)(F)F)cc4)c(F)cc3nc(N)c21. The summed E-state index contributed by atoms with van der Waals surface area (Å²) in [6, 6.07) is 3.78. The van der Waals surface area contributed by atoms with Crippen LogP contribution in [0.2, 0.25) is 0 Å². The molecule has 0 radical (unpaired) electrons. The van der Waals surface area contributed by atoms with Crippen molar-refractivity contribution in [2.75, 3.05) is 25.5 Å². The molecule has 4 aromatic rings. The van der Waals surface area contributed by atoms with Crippen LogP contribution >= 0.6 is 10.2 Å². The number of carbonyl (C=O) groups excluding carboxylic acids is 1. The maximum Gasteiger partial charge on any atom is 0.310 e. The van der Waals surface area contributed by atoms with Crippen LogP contribution < -0.4 is 5.73 Å². The van der Waals surface area contributed by atoms with Gasteiger partial charge < -0.3 is 15.4 Å². The fourth-order valence-electron chi connectivity index (χ4n) is 4.38. The van der Waals surface area contributed by atoms with E-state index in [1.807, 2.05) is 0 Å². The van der Waals surface area contributed by atoms with E-state index >= 15 is 4.39 Å². The lowest BCUT2D eigenvalue weighted by atomic mass is 10.0. The molecule has 0 unspecified atom stereocenters. The fraction of sp³-hybridized carbons (Fsp3) is 0.227. The van der Waals surface area contributed by atoms with Gasteiger partial charge in [0.25, 0.3) is 5.91 Å². The molecule has 1 amide bonds. The quantitative estimate of drug-likeness (QED) is 0.342. The van der Waals surface area contributed by atoms with Crippen molar-refractivity contribution in [2.24, 2.45) is 7.05 Å². The van der Waals surface area contributed by atoms with Crippen molar-refractivity contribution in [1.29, 1.82) is 0 Å². The monoisotopic (exact) mass is 531 g/mol. The Bertz CT molecular complexity index is 1540. The van der Waals surface area contributed by atoms with Gasteiger partial charge in [-0.25, -0.2) is 9.37 Å². The molecule has 3 heterocycles. The van der Waals surface area contributed by atoms with Gasteiger partial charge in [0, 0.05) is 30.4 Å². The van der Waals surface area contributed by atoms with Gasteiger partial charge in [0.15, 0.2) is 0 Å². The number of benzene rings is 2. The summed E-state index contributed by atoms with van der Waals surface area (Å²) < 4.78 is 87.5. The van der Waals surface area contributed by atoms with E-state index in [2.05, 4.69) is 10.1 Å². The summed E-state index contributed by atoms with van der Waals surface area (Å²) >= 11 is 0. The summed E-state index contributed by atoms with van der Waals surface area (Å²) in [4.78, 5) is 16.9. The number of hydrogen-bond acceptors (Lipinski definition) is 5. The Morgan fingerprint density at radius 2 is 1.81 bits per heavy atom. The third kappa shape index (κ3) is 4.09. The number of morpholine rings is 1. The number of aryl methyl sites for hydroxylation is 1. The number of amides is 1. The van der Waals surface area contributed by atoms with Gasteiger partial charge in [-0.2, -0.15) is 5.10 Å². The molecule has 0 spiro atoms. The Morgan fingerprint density at radius 1 is 1.11 bits per heavy atom. The van der Waals surface area contributed by atoms with Crippen molar-refractivity contribution in [3.8, 4) is 0 Å². The first kappa shape index (κ1) is 24.2. The number of halogens is 6. The molecule has 1 aliphatic rings. The molecule has 0 bridgehead atoms. The van der Waals surface area contributed by atoms with Crippen LogP contribution in [-0.2, 0) is 11.8 Å². The summed E-state index contributed by atoms with van der Waals surface area (Å²) in [5.74, 6) is -1.48. The largest absolute Gasteiger partial charge is 0.382 e. The summed E-state index contributed by atoms with van der Waals surface area (Å²) in [5, 5.41) is 5.13. The van der Waals surface area contributed by atoms with Gasteiger partial charge in [-0.1, -0.05) is 31.6 Å². The second-order valence-corrected chi connectivity index (χ2v) is 10.9. The molecule has 1 fully saturated rings. The lowest BCUT2D eigenvalue weighted by Crippen LogP contribution is -2.43. The van der Waals surface area contributed by atoms with Crippen LogP contribution in [0.5, 0.6) is 0 Å². The average molecular weight is 531 g/mol. The van der Waals surface area contributed by atoms with Crippen LogP contribution in [0.4, 0.5) is 29.6 Å². The van der Waals surface area contributed by atoms with Crippen molar-refractivity contribution in [2.45, 2.75) is 10.9 Å². The predicted molar refractivity (Wildman–Crippen MR) is 123 cm³/mol. The topological polar surface area (TPSA) is 86.3 Å². The smallest absolute Gasteiger partial charge is 0.310 e. The molecule has 1 atom stereocenters. The van der Waals surface area contributed by atoms with E-state index in [0.717, 1.165) is 18.2 Å². The lowest BCUT2D eigenvalue weighted by Gasteiger charge is -2.41. The van der Waals surface area contributed by atoms with E-state index in [-0.39, 0.29) is 54.4 Å². The van der Waals surface area contributed by atoms with Crippen LogP contribution in [0.25, 0.3) is 21.8 Å². The number of pyridine rings is 1. The van der Waals surface area contributed by atoms with Crippen LogP contribution in [0.1, 0.15) is 22.0 Å². The van der Waals surface area contributed by atoms with Crippen LogP contribution in [0.3, 0.4) is 0 Å². The Hall–Kier alpha value is -3.52. The van der Waals surface area contributed by atoms with E-state index in [1.165, 1.54) is 21.8 Å². The van der Waals surface area contributed by atoms with Crippen LogP contribution in [0.15, 0.2) is 47.5 Å². The number of nitrogen functional groups attached to an aromatic ring is 1. The number of rotatable bonds is 3. The number of fused-ring (bicyclic) bond motifs is 3. The van der Waals surface area contributed by atoms with Gasteiger partial charge in [0.2, 0.25) is 0 Å². The number of nitrogens with two attached hydrogens (primary N) is 1. The molecule has 1 aliphatic heterocycles. The van der Waals surface area contributed by atoms with Crippen molar-refractivity contribution in [1.82, 2.24) is 19.7 Å². The molecule has 0 aliphatic carbocycles. The zero-order chi connectivity index (χ0) is 26.1. The maximum atomic E-state index is 15.1.